The smallest absolute Gasteiger partial charge is 0.0965 e. The second-order valence-corrected chi connectivity index (χ2v) is 6.53. The van der Waals surface area contributed by atoms with E-state index in [9.17, 15) is 0 Å². The lowest BCUT2D eigenvalue weighted by Gasteiger charge is -2.27. The highest BCUT2D eigenvalue weighted by Gasteiger charge is 2.35. The molecule has 0 spiro atoms. The van der Waals surface area contributed by atoms with Crippen molar-refractivity contribution < 1.29 is 0 Å². The molecule has 0 saturated heterocycles. The van der Waals surface area contributed by atoms with Gasteiger partial charge in [-0.3, -0.25) is 4.99 Å². The van der Waals surface area contributed by atoms with Gasteiger partial charge in [-0.15, -0.1) is 0 Å². The van der Waals surface area contributed by atoms with Crippen molar-refractivity contribution in [3.63, 3.8) is 0 Å². The quantitative estimate of drug-likeness (QED) is 0.787. The SMILES string of the molecule is C1CCN=C(N[C@@H]2CCC[C@@H]2C2CCCC2)CC1. The highest BCUT2D eigenvalue weighted by atomic mass is 15.0. The monoisotopic (exact) mass is 248 g/mol. The third kappa shape index (κ3) is 2.89. The number of nitrogens with one attached hydrogen (secondary N) is 1. The molecule has 1 heterocycles. The van der Waals surface area contributed by atoms with Gasteiger partial charge in [0.05, 0.1) is 5.84 Å². The first kappa shape index (κ1) is 12.5. The highest BCUT2D eigenvalue weighted by molar-refractivity contribution is 5.82. The molecule has 0 unspecified atom stereocenters. The van der Waals surface area contributed by atoms with E-state index < -0.39 is 0 Å². The standard InChI is InChI=1S/C16H28N2/c1-2-11-16(17-12-5-1)18-15-10-6-9-14(15)13-7-3-4-8-13/h13-15H,1-12H2,(H,17,18)/t14-,15-/m1/s1. The van der Waals surface area contributed by atoms with E-state index in [2.05, 4.69) is 5.32 Å². The minimum atomic E-state index is 0.755. The molecule has 0 aromatic carbocycles. The molecule has 102 valence electrons. The molecule has 0 radical (unpaired) electrons. The van der Waals surface area contributed by atoms with Crippen LogP contribution in [-0.4, -0.2) is 18.4 Å². The average Bonchev–Trinajstić information content (AvgIpc) is 2.97. The van der Waals surface area contributed by atoms with Gasteiger partial charge >= 0.3 is 0 Å². The Morgan fingerprint density at radius 1 is 0.833 bits per heavy atom. The van der Waals surface area contributed by atoms with Gasteiger partial charge in [-0.2, -0.15) is 0 Å². The summed E-state index contributed by atoms with van der Waals surface area (Å²) in [6.45, 7) is 1.06. The summed E-state index contributed by atoms with van der Waals surface area (Å²) in [7, 11) is 0. The summed E-state index contributed by atoms with van der Waals surface area (Å²) in [5.74, 6) is 3.32. The number of hydrogen-bond acceptors (Lipinski definition) is 2. The Bertz CT molecular complexity index is 291. The average molecular weight is 248 g/mol. The fourth-order valence-electron chi connectivity index (χ4n) is 4.32. The summed E-state index contributed by atoms with van der Waals surface area (Å²) in [5, 5.41) is 3.83. The van der Waals surface area contributed by atoms with Crippen molar-refractivity contribution in [3.8, 4) is 0 Å². The van der Waals surface area contributed by atoms with E-state index in [4.69, 9.17) is 4.99 Å². The van der Waals surface area contributed by atoms with Crippen molar-refractivity contribution in [2.45, 2.75) is 76.7 Å². The van der Waals surface area contributed by atoms with Crippen LogP contribution < -0.4 is 5.32 Å². The summed E-state index contributed by atoms with van der Waals surface area (Å²) >= 11 is 0. The summed E-state index contributed by atoms with van der Waals surface area (Å²) in [5.41, 5.74) is 0. The number of hydrogen-bond donors (Lipinski definition) is 1. The number of amidine groups is 1. The Balaban J connectivity index is 1.58. The van der Waals surface area contributed by atoms with E-state index >= 15 is 0 Å². The first-order valence-corrected chi connectivity index (χ1v) is 8.23. The second-order valence-electron chi connectivity index (χ2n) is 6.53. The van der Waals surface area contributed by atoms with Crippen LogP contribution in [0.15, 0.2) is 4.99 Å². The molecule has 3 aliphatic rings. The van der Waals surface area contributed by atoms with Crippen LogP contribution in [0.4, 0.5) is 0 Å². The Morgan fingerprint density at radius 3 is 2.61 bits per heavy atom. The largest absolute Gasteiger partial charge is 0.371 e. The van der Waals surface area contributed by atoms with Gasteiger partial charge in [-0.05, 0) is 37.5 Å². The van der Waals surface area contributed by atoms with Crippen LogP contribution in [0.25, 0.3) is 0 Å². The first-order valence-electron chi connectivity index (χ1n) is 8.23. The Kier molecular flexibility index (Phi) is 4.22. The number of rotatable bonds is 2. The van der Waals surface area contributed by atoms with Crippen molar-refractivity contribution in [2.24, 2.45) is 16.8 Å². The lowest BCUT2D eigenvalue weighted by atomic mass is 9.86. The van der Waals surface area contributed by atoms with Crippen molar-refractivity contribution in [1.82, 2.24) is 5.32 Å². The predicted molar refractivity (Wildman–Crippen MR) is 77.0 cm³/mol. The lowest BCUT2D eigenvalue weighted by Crippen LogP contribution is -2.39. The van der Waals surface area contributed by atoms with E-state index in [1.807, 2.05) is 0 Å². The van der Waals surface area contributed by atoms with E-state index in [1.165, 1.54) is 76.5 Å². The van der Waals surface area contributed by atoms with E-state index in [1.54, 1.807) is 0 Å². The van der Waals surface area contributed by atoms with Crippen LogP contribution in [0.3, 0.4) is 0 Å². The molecule has 3 rings (SSSR count). The van der Waals surface area contributed by atoms with Crippen LogP contribution in [0.5, 0.6) is 0 Å². The highest BCUT2D eigenvalue weighted by Crippen LogP contribution is 2.40. The third-order valence-corrected chi connectivity index (χ3v) is 5.30. The molecule has 18 heavy (non-hydrogen) atoms. The van der Waals surface area contributed by atoms with Gasteiger partial charge in [0.15, 0.2) is 0 Å². The fraction of sp³-hybridized carbons (Fsp3) is 0.938. The van der Waals surface area contributed by atoms with Gasteiger partial charge in [-0.1, -0.05) is 38.5 Å². The maximum atomic E-state index is 4.75. The molecule has 1 aliphatic heterocycles. The van der Waals surface area contributed by atoms with E-state index in [0.29, 0.717) is 0 Å². The Labute approximate surface area is 112 Å². The van der Waals surface area contributed by atoms with Gasteiger partial charge in [0.25, 0.3) is 0 Å². The minimum Gasteiger partial charge on any atom is -0.371 e. The fourth-order valence-corrected chi connectivity index (χ4v) is 4.32. The summed E-state index contributed by atoms with van der Waals surface area (Å²) in [6.07, 6.45) is 15.4. The lowest BCUT2D eigenvalue weighted by molar-refractivity contribution is 0.301. The molecule has 0 aromatic heterocycles. The molecule has 2 aliphatic carbocycles. The first-order chi connectivity index (χ1) is 8.93. The van der Waals surface area contributed by atoms with Crippen LogP contribution >= 0.6 is 0 Å². The molecule has 1 N–H and O–H groups in total. The number of nitrogens with zero attached hydrogens (tertiary/aromatic N) is 1. The summed E-state index contributed by atoms with van der Waals surface area (Å²) in [4.78, 5) is 4.75. The van der Waals surface area contributed by atoms with Gasteiger partial charge < -0.3 is 5.32 Å². The maximum Gasteiger partial charge on any atom is 0.0965 e. The minimum absolute atomic E-state index is 0.755. The third-order valence-electron chi connectivity index (χ3n) is 5.30. The Morgan fingerprint density at radius 2 is 1.72 bits per heavy atom. The Hall–Kier alpha value is -0.530. The molecular weight excluding hydrogens is 220 g/mol. The molecule has 0 amide bonds. The molecule has 0 bridgehead atoms. The molecule has 0 aromatic rings. The summed E-state index contributed by atoms with van der Waals surface area (Å²) in [6, 6.07) is 0.755. The normalized spacial score (nSPS) is 34.3. The van der Waals surface area contributed by atoms with Crippen molar-refractivity contribution in [2.75, 3.05) is 6.54 Å². The van der Waals surface area contributed by atoms with Crippen LogP contribution in [-0.2, 0) is 0 Å². The molecular formula is C16H28N2. The van der Waals surface area contributed by atoms with Crippen molar-refractivity contribution in [1.29, 1.82) is 0 Å². The maximum absolute atomic E-state index is 4.75. The van der Waals surface area contributed by atoms with E-state index in [-0.39, 0.29) is 0 Å². The topological polar surface area (TPSA) is 24.4 Å². The van der Waals surface area contributed by atoms with E-state index in [0.717, 1.165) is 24.4 Å². The molecule has 2 heteroatoms. The summed E-state index contributed by atoms with van der Waals surface area (Å²) < 4.78 is 0. The molecule has 2 saturated carbocycles. The van der Waals surface area contributed by atoms with Gasteiger partial charge in [0, 0.05) is 19.0 Å². The number of aliphatic imine (C=N–C) groups is 1. The van der Waals surface area contributed by atoms with Gasteiger partial charge in [0.1, 0.15) is 0 Å². The zero-order valence-electron chi connectivity index (χ0n) is 11.7. The van der Waals surface area contributed by atoms with Crippen LogP contribution in [0.1, 0.15) is 70.6 Å². The molecule has 2 nitrogen and oxygen atoms in total. The zero-order valence-corrected chi connectivity index (χ0v) is 11.7. The predicted octanol–water partition coefficient (Wildman–Crippen LogP) is 3.91. The molecule has 2 atom stereocenters. The van der Waals surface area contributed by atoms with Gasteiger partial charge in [-0.25, -0.2) is 0 Å². The molecule has 2 fully saturated rings. The van der Waals surface area contributed by atoms with Crippen LogP contribution in [0.2, 0.25) is 0 Å². The second kappa shape index (κ2) is 6.08. The zero-order chi connectivity index (χ0) is 12.2. The van der Waals surface area contributed by atoms with Crippen molar-refractivity contribution in [3.05, 3.63) is 0 Å². The van der Waals surface area contributed by atoms with Crippen molar-refractivity contribution >= 4 is 5.84 Å². The van der Waals surface area contributed by atoms with Crippen LogP contribution in [0, 0.1) is 11.8 Å². The van der Waals surface area contributed by atoms with Gasteiger partial charge in [0.2, 0.25) is 0 Å².